The molecule has 0 radical (unpaired) electrons. The van der Waals surface area contributed by atoms with E-state index in [1.54, 1.807) is 13.0 Å². The summed E-state index contributed by atoms with van der Waals surface area (Å²) in [6.45, 7) is 4.05. The van der Waals surface area contributed by atoms with E-state index in [4.69, 9.17) is 4.74 Å². The van der Waals surface area contributed by atoms with Crippen molar-refractivity contribution in [3.63, 3.8) is 0 Å². The van der Waals surface area contributed by atoms with E-state index in [0.29, 0.717) is 5.39 Å². The Hall–Kier alpha value is -2.81. The van der Waals surface area contributed by atoms with Gasteiger partial charge in [-0.05, 0) is 36.4 Å². The summed E-state index contributed by atoms with van der Waals surface area (Å²) >= 11 is 0. The van der Waals surface area contributed by atoms with E-state index in [-0.39, 0.29) is 17.9 Å². The molecular formula is C20H18O3. The van der Waals surface area contributed by atoms with Crippen LogP contribution in [-0.2, 0) is 4.74 Å². The summed E-state index contributed by atoms with van der Waals surface area (Å²) < 4.78 is 5.07. The van der Waals surface area contributed by atoms with Crippen LogP contribution in [0.25, 0.3) is 21.9 Å². The molecule has 3 rings (SSSR count). The lowest BCUT2D eigenvalue weighted by atomic mass is 9.94. The Kier molecular flexibility index (Phi) is 4.02. The van der Waals surface area contributed by atoms with E-state index in [9.17, 15) is 9.90 Å². The molecule has 3 aromatic carbocycles. The Morgan fingerprint density at radius 2 is 1.70 bits per heavy atom. The molecule has 0 atom stereocenters. The number of phenolic OH excluding ortho intramolecular Hbond substituents is 1. The number of hydrogen-bond donors (Lipinski definition) is 1. The number of carbonyl (C=O) groups excluding carboxylic acids is 1. The number of aryl methyl sites for hydroxylation is 1. The summed E-state index contributed by atoms with van der Waals surface area (Å²) in [6, 6.07) is 17.3. The largest absolute Gasteiger partial charge is 0.506 e. The Morgan fingerprint density at radius 1 is 1.04 bits per heavy atom. The molecule has 3 heteroatoms. The second-order valence-corrected chi connectivity index (χ2v) is 5.45. The number of esters is 1. The molecule has 0 bridgehead atoms. The van der Waals surface area contributed by atoms with Crippen LogP contribution < -0.4 is 0 Å². The van der Waals surface area contributed by atoms with E-state index in [0.717, 1.165) is 16.5 Å². The van der Waals surface area contributed by atoms with Gasteiger partial charge in [-0.1, -0.05) is 54.1 Å². The molecule has 0 aliphatic heterocycles. The first kappa shape index (κ1) is 15.1. The summed E-state index contributed by atoms with van der Waals surface area (Å²) in [5.41, 5.74) is 3.27. The fourth-order valence-electron chi connectivity index (χ4n) is 2.70. The predicted molar refractivity (Wildman–Crippen MR) is 91.7 cm³/mol. The zero-order chi connectivity index (χ0) is 16.4. The van der Waals surface area contributed by atoms with Crippen LogP contribution in [-0.4, -0.2) is 17.7 Å². The van der Waals surface area contributed by atoms with Gasteiger partial charge in [0.25, 0.3) is 0 Å². The number of carbonyl (C=O) groups is 1. The molecule has 3 aromatic rings. The molecule has 3 nitrogen and oxygen atoms in total. The van der Waals surface area contributed by atoms with Crippen LogP contribution in [0.4, 0.5) is 0 Å². The van der Waals surface area contributed by atoms with Gasteiger partial charge >= 0.3 is 5.97 Å². The lowest BCUT2D eigenvalue weighted by Crippen LogP contribution is -2.05. The third-order valence-corrected chi connectivity index (χ3v) is 3.87. The van der Waals surface area contributed by atoms with Crippen LogP contribution in [0, 0.1) is 6.92 Å². The molecule has 0 saturated heterocycles. The monoisotopic (exact) mass is 306 g/mol. The average Bonchev–Trinajstić information content (AvgIpc) is 2.57. The van der Waals surface area contributed by atoms with Gasteiger partial charge in [0.2, 0.25) is 0 Å². The Bertz CT molecular complexity index is 864. The van der Waals surface area contributed by atoms with E-state index in [1.165, 1.54) is 5.56 Å². The first-order valence-electron chi connectivity index (χ1n) is 7.60. The molecule has 0 amide bonds. The highest BCUT2D eigenvalue weighted by Gasteiger charge is 2.18. The highest BCUT2D eigenvalue weighted by atomic mass is 16.5. The van der Waals surface area contributed by atoms with Crippen molar-refractivity contribution in [3.05, 3.63) is 65.7 Å². The van der Waals surface area contributed by atoms with Crippen LogP contribution in [0.3, 0.4) is 0 Å². The van der Waals surface area contributed by atoms with Crippen molar-refractivity contribution in [2.75, 3.05) is 6.61 Å². The van der Waals surface area contributed by atoms with Gasteiger partial charge < -0.3 is 9.84 Å². The van der Waals surface area contributed by atoms with Gasteiger partial charge in [-0.25, -0.2) is 4.79 Å². The minimum atomic E-state index is -0.510. The number of aromatic hydroxyl groups is 1. The molecular weight excluding hydrogens is 288 g/mol. The van der Waals surface area contributed by atoms with E-state index in [2.05, 4.69) is 0 Å². The Balaban J connectivity index is 2.29. The molecule has 0 saturated carbocycles. The first-order valence-corrected chi connectivity index (χ1v) is 7.60. The van der Waals surface area contributed by atoms with Crippen molar-refractivity contribution >= 4 is 16.7 Å². The molecule has 116 valence electrons. The molecule has 0 aromatic heterocycles. The summed E-state index contributed by atoms with van der Waals surface area (Å²) in [6.07, 6.45) is 0. The van der Waals surface area contributed by atoms with E-state index in [1.807, 2.05) is 55.5 Å². The van der Waals surface area contributed by atoms with Crippen molar-refractivity contribution < 1.29 is 14.6 Å². The number of fused-ring (bicyclic) bond motifs is 1. The number of ether oxygens (including phenoxy) is 1. The van der Waals surface area contributed by atoms with Crippen LogP contribution in [0.1, 0.15) is 22.8 Å². The van der Waals surface area contributed by atoms with Gasteiger partial charge in [-0.3, -0.25) is 0 Å². The second kappa shape index (κ2) is 6.13. The smallest absolute Gasteiger partial charge is 0.341 e. The third-order valence-electron chi connectivity index (χ3n) is 3.87. The van der Waals surface area contributed by atoms with Crippen molar-refractivity contribution in [3.8, 4) is 16.9 Å². The zero-order valence-corrected chi connectivity index (χ0v) is 13.2. The van der Waals surface area contributed by atoms with E-state index >= 15 is 0 Å². The molecule has 0 aliphatic carbocycles. The maximum atomic E-state index is 12.2. The standard InChI is InChI=1S/C20H18O3/c1-3-23-20(22)18-12-17(14-10-8-13(2)9-11-14)15-6-4-5-7-16(15)19(18)21/h4-12,21H,3H2,1-2H3. The van der Waals surface area contributed by atoms with Crippen LogP contribution >= 0.6 is 0 Å². The Labute approximate surface area is 135 Å². The normalized spacial score (nSPS) is 10.7. The highest BCUT2D eigenvalue weighted by molar-refractivity contribution is 6.07. The summed E-state index contributed by atoms with van der Waals surface area (Å²) in [7, 11) is 0. The van der Waals surface area contributed by atoms with Crippen LogP contribution in [0.5, 0.6) is 5.75 Å². The maximum absolute atomic E-state index is 12.2. The van der Waals surface area contributed by atoms with Gasteiger partial charge in [-0.2, -0.15) is 0 Å². The van der Waals surface area contributed by atoms with Gasteiger partial charge in [-0.15, -0.1) is 0 Å². The summed E-state index contributed by atoms with van der Waals surface area (Å²) in [5.74, 6) is -0.543. The number of hydrogen-bond acceptors (Lipinski definition) is 3. The van der Waals surface area contributed by atoms with Gasteiger partial charge in [0.1, 0.15) is 11.3 Å². The first-order chi connectivity index (χ1) is 11.1. The van der Waals surface area contributed by atoms with Gasteiger partial charge in [0, 0.05) is 5.39 Å². The lowest BCUT2D eigenvalue weighted by molar-refractivity contribution is 0.0523. The molecule has 1 N–H and O–H groups in total. The van der Waals surface area contributed by atoms with Crippen molar-refractivity contribution in [2.45, 2.75) is 13.8 Å². The van der Waals surface area contributed by atoms with Crippen molar-refractivity contribution in [1.29, 1.82) is 0 Å². The lowest BCUT2D eigenvalue weighted by Gasteiger charge is -2.13. The van der Waals surface area contributed by atoms with Crippen molar-refractivity contribution in [1.82, 2.24) is 0 Å². The summed E-state index contributed by atoms with van der Waals surface area (Å²) in [4.78, 5) is 12.2. The number of rotatable bonds is 3. The topological polar surface area (TPSA) is 46.5 Å². The quantitative estimate of drug-likeness (QED) is 0.714. The predicted octanol–water partition coefficient (Wildman–Crippen LogP) is 4.70. The SMILES string of the molecule is CCOC(=O)c1cc(-c2ccc(C)cc2)c2ccccc2c1O. The van der Waals surface area contributed by atoms with Crippen LogP contribution in [0.2, 0.25) is 0 Å². The molecule has 0 unspecified atom stereocenters. The van der Waals surface area contributed by atoms with Crippen LogP contribution in [0.15, 0.2) is 54.6 Å². The fraction of sp³-hybridized carbons (Fsp3) is 0.150. The second-order valence-electron chi connectivity index (χ2n) is 5.45. The molecule has 0 heterocycles. The fourth-order valence-corrected chi connectivity index (χ4v) is 2.70. The van der Waals surface area contributed by atoms with Gasteiger partial charge in [0.05, 0.1) is 6.61 Å². The summed E-state index contributed by atoms with van der Waals surface area (Å²) in [5, 5.41) is 12.0. The molecule has 0 fully saturated rings. The van der Waals surface area contributed by atoms with Gasteiger partial charge in [0.15, 0.2) is 0 Å². The average molecular weight is 306 g/mol. The van der Waals surface area contributed by atoms with E-state index < -0.39 is 5.97 Å². The zero-order valence-electron chi connectivity index (χ0n) is 13.2. The highest BCUT2D eigenvalue weighted by Crippen LogP contribution is 2.37. The Morgan fingerprint density at radius 3 is 2.35 bits per heavy atom. The molecule has 0 aliphatic rings. The number of phenols is 1. The molecule has 0 spiro atoms. The minimum absolute atomic E-state index is 0.0325. The van der Waals surface area contributed by atoms with Crippen molar-refractivity contribution in [2.24, 2.45) is 0 Å². The minimum Gasteiger partial charge on any atom is -0.506 e. The molecule has 23 heavy (non-hydrogen) atoms. The maximum Gasteiger partial charge on any atom is 0.341 e. The third kappa shape index (κ3) is 2.78. The number of benzene rings is 3.